The molecule has 0 aliphatic carbocycles. The topological polar surface area (TPSA) is 36.1 Å². The van der Waals surface area contributed by atoms with Gasteiger partial charge in [0.25, 0.3) is 0 Å². The highest BCUT2D eigenvalue weighted by molar-refractivity contribution is 6.09. The smallest absolute Gasteiger partial charge is 0.123 e. The summed E-state index contributed by atoms with van der Waals surface area (Å²) in [5.41, 5.74) is 5.86. The fraction of sp³-hybridized carbons (Fsp3) is 0.429. The minimum absolute atomic E-state index is 0.0409. The van der Waals surface area contributed by atoms with E-state index in [0.717, 1.165) is 53.0 Å². The second-order valence-electron chi connectivity index (χ2n) is 9.08. The summed E-state index contributed by atoms with van der Waals surface area (Å²) in [6, 6.07) is 8.96. The summed E-state index contributed by atoms with van der Waals surface area (Å²) in [5.74, 6) is 0.132. The van der Waals surface area contributed by atoms with Crippen LogP contribution in [0, 0.1) is 34.9 Å². The van der Waals surface area contributed by atoms with Gasteiger partial charge in [0, 0.05) is 5.70 Å². The number of hydrogen-bond acceptors (Lipinski definition) is 2. The van der Waals surface area contributed by atoms with E-state index in [1.165, 1.54) is 12.1 Å². The lowest BCUT2D eigenvalue weighted by Crippen LogP contribution is -2.12. The van der Waals surface area contributed by atoms with Gasteiger partial charge in [0.1, 0.15) is 5.82 Å². The number of nitrogens with zero attached hydrogens (tertiary/aromatic N) is 2. The van der Waals surface area contributed by atoms with Crippen molar-refractivity contribution in [1.82, 2.24) is 0 Å². The molecule has 0 aliphatic heterocycles. The molecule has 210 valence electrons. The number of allylic oxidation sites excluding steroid dienone is 7. The van der Waals surface area contributed by atoms with Crippen LogP contribution in [-0.4, -0.2) is 5.71 Å². The van der Waals surface area contributed by atoms with E-state index in [1.54, 1.807) is 18.2 Å². The first-order valence-electron chi connectivity index (χ1n) is 13.5. The lowest BCUT2D eigenvalue weighted by atomic mass is 9.88. The van der Waals surface area contributed by atoms with Crippen molar-refractivity contribution in [3.8, 4) is 6.07 Å². The first-order chi connectivity index (χ1) is 18.0. The van der Waals surface area contributed by atoms with Crippen molar-refractivity contribution in [3.05, 3.63) is 104 Å². The SMILES string of the molecule is C=C.C=C(C)CC(C#N)CC(C)/C=C/C(C(=NC(=C)CC)C(C)C)=C(/C)c1ccc(F)cc1.C=CC.CC. The summed E-state index contributed by atoms with van der Waals surface area (Å²) in [4.78, 5) is 4.83. The summed E-state index contributed by atoms with van der Waals surface area (Å²) >= 11 is 0. The van der Waals surface area contributed by atoms with Gasteiger partial charge in [-0.2, -0.15) is 5.26 Å². The molecule has 0 saturated carbocycles. The van der Waals surface area contributed by atoms with Gasteiger partial charge in [-0.15, -0.1) is 26.3 Å². The van der Waals surface area contributed by atoms with E-state index in [2.05, 4.69) is 71.9 Å². The highest BCUT2D eigenvalue weighted by Crippen LogP contribution is 2.26. The van der Waals surface area contributed by atoms with Crippen LogP contribution < -0.4 is 0 Å². The highest BCUT2D eigenvalue weighted by Gasteiger charge is 2.16. The molecule has 1 aromatic carbocycles. The van der Waals surface area contributed by atoms with Gasteiger partial charge in [-0.3, -0.25) is 4.99 Å². The Labute approximate surface area is 234 Å². The molecule has 1 rings (SSSR count). The van der Waals surface area contributed by atoms with Crippen molar-refractivity contribution in [3.63, 3.8) is 0 Å². The quantitative estimate of drug-likeness (QED) is 0.162. The Morgan fingerprint density at radius 3 is 1.97 bits per heavy atom. The Balaban J connectivity index is -0.00000159. The van der Waals surface area contributed by atoms with Crippen molar-refractivity contribution < 1.29 is 4.39 Å². The zero-order valence-electron chi connectivity index (χ0n) is 25.7. The monoisotopic (exact) mass is 520 g/mol. The zero-order valence-corrected chi connectivity index (χ0v) is 25.7. The maximum absolute atomic E-state index is 13.5. The van der Waals surface area contributed by atoms with Gasteiger partial charge >= 0.3 is 0 Å². The van der Waals surface area contributed by atoms with Gasteiger partial charge in [0.05, 0.1) is 17.7 Å². The van der Waals surface area contributed by atoms with Crippen LogP contribution in [0.1, 0.15) is 87.1 Å². The van der Waals surface area contributed by atoms with Gasteiger partial charge in [0.2, 0.25) is 0 Å². The van der Waals surface area contributed by atoms with E-state index < -0.39 is 0 Å². The first-order valence-corrected chi connectivity index (χ1v) is 13.5. The fourth-order valence-electron chi connectivity index (χ4n) is 3.40. The van der Waals surface area contributed by atoms with E-state index in [4.69, 9.17) is 4.99 Å². The molecule has 0 heterocycles. The van der Waals surface area contributed by atoms with Gasteiger partial charge in [-0.1, -0.05) is 84.1 Å². The predicted octanol–water partition coefficient (Wildman–Crippen LogP) is 11.3. The maximum atomic E-state index is 13.5. The normalized spacial score (nSPS) is 12.7. The molecule has 0 spiro atoms. The van der Waals surface area contributed by atoms with Crippen molar-refractivity contribution in [2.24, 2.45) is 22.7 Å². The molecule has 0 saturated heterocycles. The molecule has 1 aromatic rings. The Morgan fingerprint density at radius 2 is 1.58 bits per heavy atom. The summed E-state index contributed by atoms with van der Waals surface area (Å²) in [6.45, 7) is 35.7. The van der Waals surface area contributed by atoms with Crippen LogP contribution in [-0.2, 0) is 0 Å². The number of nitriles is 1. The van der Waals surface area contributed by atoms with Gasteiger partial charge in [0.15, 0.2) is 0 Å². The minimum atomic E-state index is -0.251. The standard InChI is InChI=1S/C28H37FN2.C3H6.C2H6.C2H4/c1-9-22(7)31-28(20(4)5)27(23(8)25-11-13-26(29)14-12-25)15-10-21(6)17-24(18-30)16-19(2)3;1-3-2;2*1-2/h10-15,20-21,24H,2,7,9,16-17H2,1,3-6,8H3;3H,1H2,2H3;1-2H3;1-2H2/b15-10+,27-23+,31-28?;;;. The Kier molecular flexibility index (Phi) is 24.9. The Hall–Kier alpha value is -3.25. The van der Waals surface area contributed by atoms with Crippen LogP contribution in [0.5, 0.6) is 0 Å². The Morgan fingerprint density at radius 1 is 1.08 bits per heavy atom. The number of hydrogen-bond donors (Lipinski definition) is 0. The van der Waals surface area contributed by atoms with E-state index >= 15 is 0 Å². The molecular weight excluding hydrogens is 467 g/mol. The molecule has 2 nitrogen and oxygen atoms in total. The third kappa shape index (κ3) is 17.2. The molecule has 0 aliphatic rings. The molecule has 0 fully saturated rings. The maximum Gasteiger partial charge on any atom is 0.123 e. The number of aliphatic imine (C=N–C) groups is 1. The summed E-state index contributed by atoms with van der Waals surface area (Å²) in [6.07, 6.45) is 8.29. The van der Waals surface area contributed by atoms with Crippen molar-refractivity contribution in [2.45, 2.75) is 81.6 Å². The third-order valence-electron chi connectivity index (χ3n) is 5.22. The van der Waals surface area contributed by atoms with E-state index in [1.807, 2.05) is 41.5 Å². The van der Waals surface area contributed by atoms with Crippen LogP contribution in [0.4, 0.5) is 4.39 Å². The third-order valence-corrected chi connectivity index (χ3v) is 5.22. The molecule has 0 N–H and O–H groups in total. The molecule has 2 atom stereocenters. The van der Waals surface area contributed by atoms with E-state index in [-0.39, 0.29) is 23.6 Å². The van der Waals surface area contributed by atoms with E-state index in [9.17, 15) is 9.65 Å². The number of halogens is 1. The average Bonchev–Trinajstić information content (AvgIpc) is 2.90. The van der Waals surface area contributed by atoms with Crippen molar-refractivity contribution >= 4 is 11.3 Å². The first kappa shape index (κ1) is 39.3. The average molecular weight is 521 g/mol. The number of benzene rings is 1. The zero-order chi connectivity index (χ0) is 30.3. The van der Waals surface area contributed by atoms with Crippen LogP contribution >= 0.6 is 0 Å². The molecule has 0 amide bonds. The summed E-state index contributed by atoms with van der Waals surface area (Å²) in [7, 11) is 0. The van der Waals surface area contributed by atoms with E-state index in [0.29, 0.717) is 0 Å². The fourth-order valence-corrected chi connectivity index (χ4v) is 3.40. The summed E-state index contributed by atoms with van der Waals surface area (Å²) < 4.78 is 13.5. The molecule has 0 aromatic heterocycles. The van der Waals surface area contributed by atoms with Crippen molar-refractivity contribution in [1.29, 1.82) is 5.26 Å². The summed E-state index contributed by atoms with van der Waals surface area (Å²) in [5, 5.41) is 9.46. The minimum Gasteiger partial charge on any atom is -0.258 e. The van der Waals surface area contributed by atoms with Gasteiger partial charge in [-0.05, 0) is 80.7 Å². The molecular formula is C35H53FN2. The Bertz CT molecular complexity index is 953. The second kappa shape index (κ2) is 24.1. The lowest BCUT2D eigenvalue weighted by molar-refractivity contribution is 0.515. The number of rotatable bonds is 11. The molecule has 38 heavy (non-hydrogen) atoms. The molecule has 3 heteroatoms. The second-order valence-corrected chi connectivity index (χ2v) is 9.08. The molecule has 0 radical (unpaired) electrons. The predicted molar refractivity (Wildman–Crippen MR) is 171 cm³/mol. The lowest BCUT2D eigenvalue weighted by Gasteiger charge is -2.18. The van der Waals surface area contributed by atoms with Crippen LogP contribution in [0.3, 0.4) is 0 Å². The van der Waals surface area contributed by atoms with Gasteiger partial charge < -0.3 is 0 Å². The van der Waals surface area contributed by atoms with Crippen molar-refractivity contribution in [2.75, 3.05) is 0 Å². The van der Waals surface area contributed by atoms with Gasteiger partial charge in [-0.25, -0.2) is 4.39 Å². The van der Waals surface area contributed by atoms with Crippen LogP contribution in [0.25, 0.3) is 5.57 Å². The molecule has 2 unspecified atom stereocenters. The molecule has 0 bridgehead atoms. The van der Waals surface area contributed by atoms with Crippen LogP contribution in [0.15, 0.2) is 97.2 Å². The van der Waals surface area contributed by atoms with Crippen LogP contribution in [0.2, 0.25) is 0 Å². The highest BCUT2D eigenvalue weighted by atomic mass is 19.1. The largest absolute Gasteiger partial charge is 0.258 e.